The lowest BCUT2D eigenvalue weighted by Crippen LogP contribution is -2.31. The molecule has 2 aromatic carbocycles. The first-order chi connectivity index (χ1) is 14.1. The maximum atomic E-state index is 12.7. The Kier molecular flexibility index (Phi) is 5.24. The van der Waals surface area contributed by atoms with Crippen LogP contribution in [0, 0.1) is 6.92 Å². The zero-order valence-electron chi connectivity index (χ0n) is 16.0. The number of carbonyl (C=O) groups excluding carboxylic acids is 1. The minimum absolute atomic E-state index is 0.142. The third-order valence-electron chi connectivity index (χ3n) is 4.90. The molecule has 0 fully saturated rings. The van der Waals surface area contributed by atoms with Gasteiger partial charge in [-0.1, -0.05) is 42.5 Å². The fourth-order valence-corrected chi connectivity index (χ4v) is 3.37. The van der Waals surface area contributed by atoms with E-state index in [2.05, 4.69) is 10.3 Å². The van der Waals surface area contributed by atoms with Gasteiger partial charge in [-0.15, -0.1) is 0 Å². The van der Waals surface area contributed by atoms with E-state index in [1.54, 1.807) is 18.4 Å². The minimum Gasteiger partial charge on any atom is -0.467 e. The summed E-state index contributed by atoms with van der Waals surface area (Å²) >= 11 is 0. The van der Waals surface area contributed by atoms with E-state index in [-0.39, 0.29) is 30.5 Å². The van der Waals surface area contributed by atoms with Crippen LogP contribution in [0.15, 0.2) is 82.5 Å². The molecule has 4 aromatic rings. The molecule has 0 bridgehead atoms. The van der Waals surface area contributed by atoms with Crippen molar-refractivity contribution in [3.8, 4) is 0 Å². The summed E-state index contributed by atoms with van der Waals surface area (Å²) in [6.45, 7) is 2.17. The van der Waals surface area contributed by atoms with E-state index >= 15 is 0 Å². The molecular formula is C23H21N3O3. The van der Waals surface area contributed by atoms with E-state index in [1.807, 2.05) is 55.5 Å². The van der Waals surface area contributed by atoms with E-state index in [0.717, 1.165) is 11.1 Å². The number of aromatic nitrogens is 2. The quantitative estimate of drug-likeness (QED) is 0.548. The maximum absolute atomic E-state index is 12.7. The van der Waals surface area contributed by atoms with Crippen LogP contribution in [0.2, 0.25) is 0 Å². The predicted octanol–water partition coefficient (Wildman–Crippen LogP) is 3.59. The monoisotopic (exact) mass is 387 g/mol. The van der Waals surface area contributed by atoms with Gasteiger partial charge in [-0.05, 0) is 36.2 Å². The lowest BCUT2D eigenvalue weighted by atomic mass is 10.0. The summed E-state index contributed by atoms with van der Waals surface area (Å²) in [6.07, 6.45) is 3.24. The summed E-state index contributed by atoms with van der Waals surface area (Å²) in [5.74, 6) is 0.482. The maximum Gasteiger partial charge on any atom is 0.261 e. The number of carbonyl (C=O) groups is 1. The zero-order chi connectivity index (χ0) is 20.2. The van der Waals surface area contributed by atoms with E-state index < -0.39 is 0 Å². The fourth-order valence-electron chi connectivity index (χ4n) is 3.37. The summed E-state index contributed by atoms with van der Waals surface area (Å²) in [7, 11) is 0. The number of benzene rings is 2. The SMILES string of the molecule is Cc1cccc2c(=O)n(CCC(=O)NC(c3ccccc3)c3ccco3)cnc12. The lowest BCUT2D eigenvalue weighted by Gasteiger charge is -2.17. The highest BCUT2D eigenvalue weighted by Crippen LogP contribution is 2.22. The van der Waals surface area contributed by atoms with Crippen molar-refractivity contribution in [3.63, 3.8) is 0 Å². The van der Waals surface area contributed by atoms with Crippen molar-refractivity contribution in [1.82, 2.24) is 14.9 Å². The van der Waals surface area contributed by atoms with Crippen LogP contribution in [-0.2, 0) is 11.3 Å². The Morgan fingerprint density at radius 2 is 1.93 bits per heavy atom. The third-order valence-corrected chi connectivity index (χ3v) is 4.90. The van der Waals surface area contributed by atoms with Crippen molar-refractivity contribution < 1.29 is 9.21 Å². The van der Waals surface area contributed by atoms with Crippen molar-refractivity contribution in [1.29, 1.82) is 0 Å². The highest BCUT2D eigenvalue weighted by atomic mass is 16.3. The summed E-state index contributed by atoms with van der Waals surface area (Å²) in [5.41, 5.74) is 2.43. The van der Waals surface area contributed by atoms with Gasteiger partial charge in [0.05, 0.1) is 23.5 Å². The number of aryl methyl sites for hydroxylation is 2. The summed E-state index contributed by atoms with van der Waals surface area (Å²) in [4.78, 5) is 29.7. The summed E-state index contributed by atoms with van der Waals surface area (Å²) in [5, 5.41) is 3.56. The molecule has 4 rings (SSSR count). The molecule has 29 heavy (non-hydrogen) atoms. The van der Waals surface area contributed by atoms with Crippen LogP contribution in [0.25, 0.3) is 10.9 Å². The number of para-hydroxylation sites is 1. The van der Waals surface area contributed by atoms with Gasteiger partial charge in [0, 0.05) is 13.0 Å². The topological polar surface area (TPSA) is 77.1 Å². The third kappa shape index (κ3) is 3.96. The van der Waals surface area contributed by atoms with Gasteiger partial charge in [-0.3, -0.25) is 14.2 Å². The van der Waals surface area contributed by atoms with Crippen LogP contribution >= 0.6 is 0 Å². The Labute approximate surface area is 167 Å². The van der Waals surface area contributed by atoms with Gasteiger partial charge in [0.25, 0.3) is 5.56 Å². The Morgan fingerprint density at radius 3 is 2.69 bits per heavy atom. The molecule has 0 spiro atoms. The average molecular weight is 387 g/mol. The molecule has 0 aliphatic carbocycles. The Balaban J connectivity index is 1.50. The van der Waals surface area contributed by atoms with Crippen LogP contribution in [0.4, 0.5) is 0 Å². The average Bonchev–Trinajstić information content (AvgIpc) is 3.27. The van der Waals surface area contributed by atoms with Gasteiger partial charge < -0.3 is 9.73 Å². The molecule has 1 atom stereocenters. The number of fused-ring (bicyclic) bond motifs is 1. The Morgan fingerprint density at radius 1 is 1.10 bits per heavy atom. The van der Waals surface area contributed by atoms with Gasteiger partial charge >= 0.3 is 0 Å². The number of rotatable bonds is 6. The van der Waals surface area contributed by atoms with Gasteiger partial charge in [-0.2, -0.15) is 0 Å². The normalized spacial score (nSPS) is 12.0. The molecule has 2 aromatic heterocycles. The number of nitrogens with one attached hydrogen (secondary N) is 1. The molecule has 0 saturated carbocycles. The molecular weight excluding hydrogens is 366 g/mol. The molecule has 1 unspecified atom stereocenters. The van der Waals surface area contributed by atoms with Crippen LogP contribution in [0.5, 0.6) is 0 Å². The Bertz CT molecular complexity index is 1180. The molecule has 6 heteroatoms. The van der Waals surface area contributed by atoms with Crippen molar-refractivity contribution in [2.45, 2.75) is 25.9 Å². The van der Waals surface area contributed by atoms with Gasteiger partial charge in [0.15, 0.2) is 0 Å². The molecule has 146 valence electrons. The molecule has 0 radical (unpaired) electrons. The largest absolute Gasteiger partial charge is 0.467 e. The zero-order valence-corrected chi connectivity index (χ0v) is 16.0. The number of furan rings is 1. The highest BCUT2D eigenvalue weighted by molar-refractivity contribution is 5.80. The first-order valence-electron chi connectivity index (χ1n) is 9.46. The molecule has 0 aliphatic rings. The van der Waals surface area contributed by atoms with Crippen LogP contribution < -0.4 is 10.9 Å². The second-order valence-electron chi connectivity index (χ2n) is 6.89. The second kappa shape index (κ2) is 8.14. The predicted molar refractivity (Wildman–Crippen MR) is 110 cm³/mol. The number of amides is 1. The van der Waals surface area contributed by atoms with Crippen molar-refractivity contribution in [3.05, 3.63) is 100 Å². The molecule has 1 N–H and O–H groups in total. The standard InChI is InChI=1S/C23H21N3O3/c1-16-7-5-10-18-21(16)24-15-26(23(18)28)13-12-20(27)25-22(19-11-6-14-29-19)17-8-3-2-4-9-17/h2-11,14-15,22H,12-13H2,1H3,(H,25,27). The van der Waals surface area contributed by atoms with E-state index in [1.165, 1.54) is 10.9 Å². The van der Waals surface area contributed by atoms with Gasteiger partial charge in [0.2, 0.25) is 5.91 Å². The summed E-state index contributed by atoms with van der Waals surface area (Å²) in [6, 6.07) is 18.4. The molecule has 0 saturated heterocycles. The number of hydrogen-bond acceptors (Lipinski definition) is 4. The van der Waals surface area contributed by atoms with Crippen molar-refractivity contribution >= 4 is 16.8 Å². The van der Waals surface area contributed by atoms with E-state index in [9.17, 15) is 9.59 Å². The van der Waals surface area contributed by atoms with Crippen molar-refractivity contribution in [2.24, 2.45) is 0 Å². The molecule has 2 heterocycles. The van der Waals surface area contributed by atoms with Gasteiger partial charge in [-0.25, -0.2) is 4.98 Å². The fraction of sp³-hybridized carbons (Fsp3) is 0.174. The summed E-state index contributed by atoms with van der Waals surface area (Å²) < 4.78 is 6.99. The molecule has 0 aliphatic heterocycles. The molecule has 1 amide bonds. The first kappa shape index (κ1) is 18.7. The van der Waals surface area contributed by atoms with Crippen LogP contribution in [-0.4, -0.2) is 15.5 Å². The smallest absolute Gasteiger partial charge is 0.261 e. The van der Waals surface area contributed by atoms with Crippen molar-refractivity contribution in [2.75, 3.05) is 0 Å². The highest BCUT2D eigenvalue weighted by Gasteiger charge is 2.19. The van der Waals surface area contributed by atoms with Crippen LogP contribution in [0.1, 0.15) is 29.3 Å². The molecule has 6 nitrogen and oxygen atoms in total. The van der Waals surface area contributed by atoms with Crippen LogP contribution in [0.3, 0.4) is 0 Å². The first-order valence-corrected chi connectivity index (χ1v) is 9.46. The minimum atomic E-state index is -0.382. The number of hydrogen-bond donors (Lipinski definition) is 1. The number of nitrogens with zero attached hydrogens (tertiary/aromatic N) is 2. The van der Waals surface area contributed by atoms with Gasteiger partial charge in [0.1, 0.15) is 11.8 Å². The Hall–Kier alpha value is -3.67. The second-order valence-corrected chi connectivity index (χ2v) is 6.89. The van der Waals surface area contributed by atoms with E-state index in [4.69, 9.17) is 4.42 Å². The van der Waals surface area contributed by atoms with E-state index in [0.29, 0.717) is 16.7 Å². The lowest BCUT2D eigenvalue weighted by molar-refractivity contribution is -0.121.